The van der Waals surface area contributed by atoms with E-state index in [0.717, 1.165) is 41.0 Å². The summed E-state index contributed by atoms with van der Waals surface area (Å²) in [4.78, 5) is 29.7. The van der Waals surface area contributed by atoms with E-state index in [1.165, 1.54) is 11.8 Å². The highest BCUT2D eigenvalue weighted by molar-refractivity contribution is 9.10. The first-order valence-electron chi connectivity index (χ1n) is 10.2. The molecule has 1 heterocycles. The van der Waals surface area contributed by atoms with E-state index < -0.39 is 0 Å². The van der Waals surface area contributed by atoms with Crippen LogP contribution in [0.25, 0.3) is 5.69 Å². The number of halogens is 1. The average Bonchev–Trinajstić information content (AvgIpc) is 3.45. The molecule has 0 radical (unpaired) electrons. The zero-order valence-electron chi connectivity index (χ0n) is 16.9. The van der Waals surface area contributed by atoms with Crippen LogP contribution in [0.4, 0.5) is 5.69 Å². The van der Waals surface area contributed by atoms with E-state index in [4.69, 9.17) is 0 Å². The Morgan fingerprint density at radius 3 is 2.61 bits per heavy atom. The molecule has 6 nitrogen and oxygen atoms in total. The molecular formula is C23H23BrN4O2S. The molecule has 2 amide bonds. The first kappa shape index (κ1) is 21.6. The highest BCUT2D eigenvalue weighted by Crippen LogP contribution is 2.23. The molecule has 3 aromatic rings. The van der Waals surface area contributed by atoms with Crippen molar-refractivity contribution in [2.24, 2.45) is 0 Å². The third-order valence-corrected chi connectivity index (χ3v) is 6.68. The standard InChI is InChI=1S/C23H23BrN4O2S/c24-16-9-11-18(12-10-16)28-14-13-25-23(28)31-15-21(29)27-20-8-4-3-7-19(20)22(30)26-17-5-1-2-6-17/h3-4,7-14,17H,1-2,5-6,15H2,(H,26,30)(H,27,29). The number of imidazole rings is 1. The topological polar surface area (TPSA) is 76.0 Å². The van der Waals surface area contributed by atoms with Gasteiger partial charge in [0, 0.05) is 28.6 Å². The fourth-order valence-corrected chi connectivity index (χ4v) is 4.67. The SMILES string of the molecule is O=C(CSc1nccn1-c1ccc(Br)cc1)Nc1ccccc1C(=O)NC1CCCC1. The van der Waals surface area contributed by atoms with Crippen molar-refractivity contribution in [3.05, 3.63) is 71.0 Å². The van der Waals surface area contributed by atoms with Gasteiger partial charge in [0.1, 0.15) is 0 Å². The van der Waals surface area contributed by atoms with E-state index in [2.05, 4.69) is 31.5 Å². The van der Waals surface area contributed by atoms with Crippen LogP contribution in [0.3, 0.4) is 0 Å². The molecule has 2 aromatic carbocycles. The molecule has 1 aliphatic carbocycles. The lowest BCUT2D eigenvalue weighted by Crippen LogP contribution is -2.33. The lowest BCUT2D eigenvalue weighted by molar-refractivity contribution is -0.113. The minimum atomic E-state index is -0.184. The van der Waals surface area contributed by atoms with Crippen molar-refractivity contribution in [2.45, 2.75) is 36.9 Å². The summed E-state index contributed by atoms with van der Waals surface area (Å²) >= 11 is 4.79. The molecule has 0 saturated heterocycles. The van der Waals surface area contributed by atoms with Crippen molar-refractivity contribution in [2.75, 3.05) is 11.1 Å². The molecule has 160 valence electrons. The van der Waals surface area contributed by atoms with E-state index in [-0.39, 0.29) is 23.6 Å². The number of carbonyl (C=O) groups excluding carboxylic acids is 2. The normalized spacial score (nSPS) is 13.8. The van der Waals surface area contributed by atoms with Crippen molar-refractivity contribution in [1.82, 2.24) is 14.9 Å². The number of para-hydroxylation sites is 1. The summed E-state index contributed by atoms with van der Waals surface area (Å²) in [7, 11) is 0. The van der Waals surface area contributed by atoms with Gasteiger partial charge in [-0.05, 0) is 49.2 Å². The van der Waals surface area contributed by atoms with Gasteiger partial charge in [-0.3, -0.25) is 14.2 Å². The number of carbonyl (C=O) groups is 2. The predicted molar refractivity (Wildman–Crippen MR) is 127 cm³/mol. The maximum atomic E-state index is 12.7. The van der Waals surface area contributed by atoms with Gasteiger partial charge in [-0.25, -0.2) is 4.98 Å². The Hall–Kier alpha value is -2.58. The molecule has 0 aliphatic heterocycles. The Labute approximate surface area is 194 Å². The fourth-order valence-electron chi connectivity index (χ4n) is 3.63. The van der Waals surface area contributed by atoms with Gasteiger partial charge >= 0.3 is 0 Å². The van der Waals surface area contributed by atoms with Gasteiger partial charge in [0.05, 0.1) is 17.0 Å². The Morgan fingerprint density at radius 1 is 1.10 bits per heavy atom. The number of thioether (sulfide) groups is 1. The van der Waals surface area contributed by atoms with Crippen LogP contribution < -0.4 is 10.6 Å². The number of anilines is 1. The Balaban J connectivity index is 1.38. The summed E-state index contributed by atoms with van der Waals surface area (Å²) in [6.07, 6.45) is 7.91. The smallest absolute Gasteiger partial charge is 0.253 e. The van der Waals surface area contributed by atoms with Crippen LogP contribution in [0, 0.1) is 0 Å². The van der Waals surface area contributed by atoms with Gasteiger partial charge in [0.2, 0.25) is 5.91 Å². The zero-order valence-corrected chi connectivity index (χ0v) is 19.3. The monoisotopic (exact) mass is 498 g/mol. The van der Waals surface area contributed by atoms with E-state index in [0.29, 0.717) is 11.3 Å². The van der Waals surface area contributed by atoms with Gasteiger partial charge < -0.3 is 10.6 Å². The highest BCUT2D eigenvalue weighted by Gasteiger charge is 2.20. The highest BCUT2D eigenvalue weighted by atomic mass is 79.9. The summed E-state index contributed by atoms with van der Waals surface area (Å²) in [6, 6.07) is 15.2. The van der Waals surface area contributed by atoms with Gasteiger partial charge in [-0.2, -0.15) is 0 Å². The molecule has 4 rings (SSSR count). The Kier molecular flexibility index (Phi) is 7.09. The summed E-state index contributed by atoms with van der Waals surface area (Å²) < 4.78 is 2.94. The molecule has 1 aliphatic rings. The maximum Gasteiger partial charge on any atom is 0.253 e. The average molecular weight is 499 g/mol. The summed E-state index contributed by atoms with van der Waals surface area (Å²) in [5, 5.41) is 6.69. The van der Waals surface area contributed by atoms with E-state index in [9.17, 15) is 9.59 Å². The minimum Gasteiger partial charge on any atom is -0.349 e. The molecule has 1 aromatic heterocycles. The van der Waals surface area contributed by atoms with Crippen LogP contribution in [-0.4, -0.2) is 33.2 Å². The second-order valence-electron chi connectivity index (χ2n) is 7.39. The first-order valence-corrected chi connectivity index (χ1v) is 12.0. The first-order chi connectivity index (χ1) is 15.1. The summed E-state index contributed by atoms with van der Waals surface area (Å²) in [6.45, 7) is 0. The summed E-state index contributed by atoms with van der Waals surface area (Å²) in [5.41, 5.74) is 1.99. The van der Waals surface area contributed by atoms with E-state index in [1.54, 1.807) is 18.3 Å². The number of rotatable bonds is 7. The Morgan fingerprint density at radius 2 is 1.84 bits per heavy atom. The number of hydrogen-bond donors (Lipinski definition) is 2. The van der Waals surface area contributed by atoms with E-state index in [1.807, 2.05) is 47.2 Å². The number of benzene rings is 2. The minimum absolute atomic E-state index is 0.138. The second-order valence-corrected chi connectivity index (χ2v) is 9.25. The van der Waals surface area contributed by atoms with Crippen LogP contribution in [0.15, 0.2) is 70.6 Å². The van der Waals surface area contributed by atoms with Crippen LogP contribution in [0.1, 0.15) is 36.0 Å². The molecule has 0 unspecified atom stereocenters. The molecular weight excluding hydrogens is 476 g/mol. The molecule has 1 fully saturated rings. The van der Waals surface area contributed by atoms with Gasteiger partial charge in [0.25, 0.3) is 5.91 Å². The zero-order chi connectivity index (χ0) is 21.6. The summed E-state index contributed by atoms with van der Waals surface area (Å²) in [5.74, 6) is -0.135. The number of nitrogens with zero attached hydrogens (tertiary/aromatic N) is 2. The van der Waals surface area contributed by atoms with Crippen molar-refractivity contribution >= 4 is 45.2 Å². The quantitative estimate of drug-likeness (QED) is 0.447. The van der Waals surface area contributed by atoms with Crippen LogP contribution in [-0.2, 0) is 4.79 Å². The molecule has 31 heavy (non-hydrogen) atoms. The number of aromatic nitrogens is 2. The lowest BCUT2D eigenvalue weighted by atomic mass is 10.1. The van der Waals surface area contributed by atoms with Crippen LogP contribution in [0.2, 0.25) is 0 Å². The molecule has 0 bridgehead atoms. The molecule has 8 heteroatoms. The maximum absolute atomic E-state index is 12.7. The van der Waals surface area contributed by atoms with E-state index >= 15 is 0 Å². The lowest BCUT2D eigenvalue weighted by Gasteiger charge is -2.15. The van der Waals surface area contributed by atoms with Crippen LogP contribution >= 0.6 is 27.7 Å². The van der Waals surface area contributed by atoms with Crippen molar-refractivity contribution in [1.29, 1.82) is 0 Å². The molecule has 0 spiro atoms. The molecule has 0 atom stereocenters. The Bertz CT molecular complexity index is 1060. The second kappa shape index (κ2) is 10.2. The van der Waals surface area contributed by atoms with Crippen molar-refractivity contribution in [3.63, 3.8) is 0 Å². The van der Waals surface area contributed by atoms with Crippen LogP contribution in [0.5, 0.6) is 0 Å². The fraction of sp³-hybridized carbons (Fsp3) is 0.261. The molecule has 2 N–H and O–H groups in total. The molecule has 1 saturated carbocycles. The number of amides is 2. The third kappa shape index (κ3) is 5.57. The van der Waals surface area contributed by atoms with Crippen molar-refractivity contribution in [3.8, 4) is 5.69 Å². The van der Waals surface area contributed by atoms with Gasteiger partial charge in [0.15, 0.2) is 5.16 Å². The van der Waals surface area contributed by atoms with Gasteiger partial charge in [-0.1, -0.05) is 52.7 Å². The largest absolute Gasteiger partial charge is 0.349 e. The number of hydrogen-bond acceptors (Lipinski definition) is 4. The third-order valence-electron chi connectivity index (χ3n) is 5.18. The number of nitrogens with one attached hydrogen (secondary N) is 2. The predicted octanol–water partition coefficient (Wildman–Crippen LogP) is 5.04. The van der Waals surface area contributed by atoms with Gasteiger partial charge in [-0.15, -0.1) is 0 Å². The van der Waals surface area contributed by atoms with Crippen molar-refractivity contribution < 1.29 is 9.59 Å².